The summed E-state index contributed by atoms with van der Waals surface area (Å²) in [5, 5.41) is 12.1. The first-order valence-electron chi connectivity index (χ1n) is 9.22. The number of hydrogen-bond acceptors (Lipinski definition) is 4. The number of nitrogens with one attached hydrogen (secondary N) is 1. The van der Waals surface area contributed by atoms with Crippen molar-refractivity contribution in [2.24, 2.45) is 5.92 Å². The molecule has 0 aromatic heterocycles. The predicted octanol–water partition coefficient (Wildman–Crippen LogP) is 2.16. The van der Waals surface area contributed by atoms with E-state index in [4.69, 9.17) is 0 Å². The average Bonchev–Trinajstić information content (AvgIpc) is 2.62. The van der Waals surface area contributed by atoms with E-state index in [-0.39, 0.29) is 11.4 Å². The van der Waals surface area contributed by atoms with Crippen molar-refractivity contribution in [3.05, 3.63) is 29.8 Å². The fourth-order valence-corrected chi connectivity index (χ4v) is 4.85. The number of benzene rings is 1. The average molecular weight is 397 g/mol. The van der Waals surface area contributed by atoms with Gasteiger partial charge in [0, 0.05) is 13.1 Å². The van der Waals surface area contributed by atoms with E-state index in [1.807, 2.05) is 13.8 Å². The highest BCUT2D eigenvalue weighted by Crippen LogP contribution is 2.25. The van der Waals surface area contributed by atoms with E-state index in [2.05, 4.69) is 5.32 Å². The van der Waals surface area contributed by atoms with E-state index in [1.54, 1.807) is 24.3 Å². The van der Waals surface area contributed by atoms with Gasteiger partial charge in [-0.25, -0.2) is 13.2 Å². The molecule has 1 heterocycles. The van der Waals surface area contributed by atoms with Gasteiger partial charge in [-0.3, -0.25) is 4.79 Å². The van der Waals surface area contributed by atoms with Crippen LogP contribution in [-0.4, -0.2) is 48.3 Å². The summed E-state index contributed by atoms with van der Waals surface area (Å²) in [7, 11) is -3.68. The van der Waals surface area contributed by atoms with Crippen LogP contribution in [0, 0.1) is 12.8 Å². The van der Waals surface area contributed by atoms with Gasteiger partial charge in [0.05, 0.1) is 10.8 Å². The van der Waals surface area contributed by atoms with Crippen LogP contribution in [0.3, 0.4) is 0 Å². The lowest BCUT2D eigenvalue weighted by molar-refractivity contribution is -0.148. The Morgan fingerprint density at radius 1 is 1.30 bits per heavy atom. The lowest BCUT2D eigenvalue weighted by atomic mass is 9.93. The number of carboxylic acid groups (broad SMARTS) is 1. The lowest BCUT2D eigenvalue weighted by Crippen LogP contribution is -2.55. The maximum Gasteiger partial charge on any atom is 0.329 e. The van der Waals surface area contributed by atoms with Crippen LogP contribution in [0.15, 0.2) is 29.2 Å². The van der Waals surface area contributed by atoms with Crippen molar-refractivity contribution in [1.82, 2.24) is 9.62 Å². The van der Waals surface area contributed by atoms with E-state index >= 15 is 0 Å². The van der Waals surface area contributed by atoms with E-state index in [0.29, 0.717) is 32.2 Å². The van der Waals surface area contributed by atoms with Crippen molar-refractivity contribution in [3.8, 4) is 0 Å². The molecule has 150 valence electrons. The van der Waals surface area contributed by atoms with Crippen molar-refractivity contribution >= 4 is 21.9 Å². The molecule has 2 unspecified atom stereocenters. The standard InChI is InChI=1S/C19H28N2O5S/c1-4-11-19(3,18(23)24)20-17(22)15-6-5-12-21(13-15)27(25,26)16-9-7-14(2)8-10-16/h7-10,15H,4-6,11-13H2,1-3H3,(H,20,22)(H,23,24). The molecule has 0 aliphatic carbocycles. The Bertz CT molecular complexity index is 791. The number of aliphatic carboxylic acids is 1. The quantitative estimate of drug-likeness (QED) is 0.735. The number of carbonyl (C=O) groups is 2. The van der Waals surface area contributed by atoms with Gasteiger partial charge in [0.1, 0.15) is 5.54 Å². The van der Waals surface area contributed by atoms with Gasteiger partial charge in [-0.05, 0) is 45.2 Å². The molecule has 1 aromatic rings. The summed E-state index contributed by atoms with van der Waals surface area (Å²) in [5.74, 6) is -2.05. The van der Waals surface area contributed by atoms with Crippen LogP contribution in [-0.2, 0) is 19.6 Å². The number of aryl methyl sites for hydroxylation is 1. The zero-order valence-electron chi connectivity index (χ0n) is 16.1. The molecule has 27 heavy (non-hydrogen) atoms. The summed E-state index contributed by atoms with van der Waals surface area (Å²) in [5.41, 5.74) is -0.377. The minimum Gasteiger partial charge on any atom is -0.480 e. The third kappa shape index (κ3) is 4.87. The number of hydrogen-bond donors (Lipinski definition) is 2. The Morgan fingerprint density at radius 3 is 2.48 bits per heavy atom. The highest BCUT2D eigenvalue weighted by atomic mass is 32.2. The molecule has 2 rings (SSSR count). The normalized spacial score (nSPS) is 20.6. The van der Waals surface area contributed by atoms with Gasteiger partial charge in [0.2, 0.25) is 15.9 Å². The number of amides is 1. The first-order chi connectivity index (χ1) is 12.6. The molecule has 2 N–H and O–H groups in total. The second kappa shape index (κ2) is 8.39. The molecule has 0 saturated carbocycles. The summed E-state index contributed by atoms with van der Waals surface area (Å²) >= 11 is 0. The molecule has 2 atom stereocenters. The Morgan fingerprint density at radius 2 is 1.93 bits per heavy atom. The first kappa shape index (κ1) is 21.4. The second-order valence-corrected chi connectivity index (χ2v) is 9.33. The molecule has 0 spiro atoms. The van der Waals surface area contributed by atoms with E-state index in [1.165, 1.54) is 11.2 Å². The molecule has 1 aliphatic rings. The Balaban J connectivity index is 2.14. The van der Waals surface area contributed by atoms with Gasteiger partial charge in [-0.15, -0.1) is 0 Å². The molecule has 0 bridgehead atoms. The summed E-state index contributed by atoms with van der Waals surface area (Å²) in [6.07, 6.45) is 2.02. The molecule has 0 radical (unpaired) electrons. The highest BCUT2D eigenvalue weighted by molar-refractivity contribution is 7.89. The number of carbonyl (C=O) groups excluding carboxylic acids is 1. The maximum absolute atomic E-state index is 12.9. The summed E-state index contributed by atoms with van der Waals surface area (Å²) in [6.45, 7) is 5.63. The van der Waals surface area contributed by atoms with Gasteiger partial charge in [-0.1, -0.05) is 31.0 Å². The largest absolute Gasteiger partial charge is 0.480 e. The van der Waals surface area contributed by atoms with E-state index in [0.717, 1.165) is 5.56 Å². The molecular formula is C19H28N2O5S. The van der Waals surface area contributed by atoms with Gasteiger partial charge >= 0.3 is 5.97 Å². The van der Waals surface area contributed by atoms with Crippen LogP contribution in [0.1, 0.15) is 45.1 Å². The van der Waals surface area contributed by atoms with Crippen molar-refractivity contribution in [3.63, 3.8) is 0 Å². The number of sulfonamides is 1. The predicted molar refractivity (Wildman–Crippen MR) is 102 cm³/mol. The second-order valence-electron chi connectivity index (χ2n) is 7.39. The number of rotatable bonds is 7. The zero-order valence-corrected chi connectivity index (χ0v) is 16.9. The van der Waals surface area contributed by atoms with Gasteiger partial charge < -0.3 is 10.4 Å². The number of carboxylic acids is 1. The third-order valence-corrected chi connectivity index (χ3v) is 6.91. The highest BCUT2D eigenvalue weighted by Gasteiger charge is 2.38. The van der Waals surface area contributed by atoms with Crippen molar-refractivity contribution in [2.45, 2.75) is 56.9 Å². The van der Waals surface area contributed by atoms with Crippen LogP contribution < -0.4 is 5.32 Å². The minimum atomic E-state index is -3.68. The number of nitrogens with zero attached hydrogens (tertiary/aromatic N) is 1. The monoisotopic (exact) mass is 396 g/mol. The Kier molecular flexibility index (Phi) is 6.64. The van der Waals surface area contributed by atoms with Gasteiger partial charge in [0.25, 0.3) is 0 Å². The molecular weight excluding hydrogens is 368 g/mol. The SMILES string of the molecule is CCCC(C)(NC(=O)C1CCCN(S(=O)(=O)c2ccc(C)cc2)C1)C(=O)O. The lowest BCUT2D eigenvalue weighted by Gasteiger charge is -2.34. The van der Waals surface area contributed by atoms with Crippen LogP contribution in [0.2, 0.25) is 0 Å². The Labute approximate surface area is 160 Å². The summed E-state index contributed by atoms with van der Waals surface area (Å²) < 4.78 is 27.0. The van der Waals surface area contributed by atoms with E-state index < -0.39 is 33.4 Å². The third-order valence-electron chi connectivity index (χ3n) is 5.03. The summed E-state index contributed by atoms with van der Waals surface area (Å²) in [4.78, 5) is 24.4. The van der Waals surface area contributed by atoms with E-state index in [9.17, 15) is 23.1 Å². The molecule has 1 aromatic carbocycles. The summed E-state index contributed by atoms with van der Waals surface area (Å²) in [6, 6.07) is 6.61. The number of piperidine rings is 1. The van der Waals surface area contributed by atoms with Crippen LogP contribution in [0.4, 0.5) is 0 Å². The van der Waals surface area contributed by atoms with Crippen LogP contribution >= 0.6 is 0 Å². The molecule has 1 amide bonds. The molecule has 7 nitrogen and oxygen atoms in total. The smallest absolute Gasteiger partial charge is 0.329 e. The topological polar surface area (TPSA) is 104 Å². The molecule has 8 heteroatoms. The van der Waals surface area contributed by atoms with Crippen molar-refractivity contribution in [1.29, 1.82) is 0 Å². The van der Waals surface area contributed by atoms with Crippen molar-refractivity contribution in [2.75, 3.05) is 13.1 Å². The molecule has 1 saturated heterocycles. The van der Waals surface area contributed by atoms with Crippen molar-refractivity contribution < 1.29 is 23.1 Å². The zero-order chi connectivity index (χ0) is 20.2. The minimum absolute atomic E-state index is 0.0594. The molecule has 1 fully saturated rings. The fraction of sp³-hybridized carbons (Fsp3) is 0.579. The van der Waals surface area contributed by atoms with Gasteiger partial charge in [-0.2, -0.15) is 4.31 Å². The van der Waals surface area contributed by atoms with Crippen LogP contribution in [0.25, 0.3) is 0 Å². The fourth-order valence-electron chi connectivity index (χ4n) is 3.33. The maximum atomic E-state index is 12.9. The molecule has 1 aliphatic heterocycles. The van der Waals surface area contributed by atoms with Crippen LogP contribution in [0.5, 0.6) is 0 Å². The first-order valence-corrected chi connectivity index (χ1v) is 10.7. The Hall–Kier alpha value is -1.93. The van der Waals surface area contributed by atoms with Gasteiger partial charge in [0.15, 0.2) is 0 Å².